The Morgan fingerprint density at radius 2 is 2.22 bits per heavy atom. The second kappa shape index (κ2) is 4.84. The van der Waals surface area contributed by atoms with Crippen LogP contribution in [-0.2, 0) is 6.54 Å². The van der Waals surface area contributed by atoms with Crippen LogP contribution in [0, 0.1) is 25.2 Å². The molecule has 4 nitrogen and oxygen atoms in total. The van der Waals surface area contributed by atoms with Crippen molar-refractivity contribution in [1.82, 2.24) is 9.55 Å². The molecule has 0 amide bonds. The minimum Gasteiger partial charge on any atom is -0.315 e. The third-order valence-corrected chi connectivity index (χ3v) is 2.81. The SMILES string of the molecule is Cc1ccc(C(=O)Cn2ccnc2C#N)c(C)c1. The van der Waals surface area contributed by atoms with Crippen LogP contribution in [0.4, 0.5) is 0 Å². The Kier molecular flexibility index (Phi) is 3.24. The molecule has 1 aromatic carbocycles. The van der Waals surface area contributed by atoms with E-state index >= 15 is 0 Å². The smallest absolute Gasteiger partial charge is 0.213 e. The Labute approximate surface area is 106 Å². The van der Waals surface area contributed by atoms with Crippen LogP contribution in [0.3, 0.4) is 0 Å². The highest BCUT2D eigenvalue weighted by Crippen LogP contribution is 2.12. The Hall–Kier alpha value is -2.41. The number of aromatic nitrogens is 2. The molecule has 0 radical (unpaired) electrons. The van der Waals surface area contributed by atoms with Crippen molar-refractivity contribution in [3.05, 3.63) is 53.1 Å². The van der Waals surface area contributed by atoms with Crippen LogP contribution in [0.1, 0.15) is 27.3 Å². The maximum atomic E-state index is 12.2. The summed E-state index contributed by atoms with van der Waals surface area (Å²) in [6, 6.07) is 7.68. The Morgan fingerprint density at radius 1 is 1.44 bits per heavy atom. The molecule has 1 heterocycles. The molecule has 0 aliphatic carbocycles. The standard InChI is InChI=1S/C14H13N3O/c1-10-3-4-12(11(2)7-10)13(18)9-17-6-5-16-14(17)8-15/h3-7H,9H2,1-2H3. The predicted octanol–water partition coefficient (Wildman–Crippen LogP) is 2.25. The van der Waals surface area contributed by atoms with E-state index < -0.39 is 0 Å². The normalized spacial score (nSPS) is 10.1. The number of hydrogen-bond donors (Lipinski definition) is 0. The van der Waals surface area contributed by atoms with Crippen LogP contribution in [0.15, 0.2) is 30.6 Å². The number of aryl methyl sites for hydroxylation is 2. The van der Waals surface area contributed by atoms with Crippen LogP contribution in [-0.4, -0.2) is 15.3 Å². The molecule has 0 bridgehead atoms. The molecule has 0 saturated heterocycles. The highest BCUT2D eigenvalue weighted by atomic mass is 16.1. The second-order valence-corrected chi connectivity index (χ2v) is 4.23. The van der Waals surface area contributed by atoms with Crippen molar-refractivity contribution in [2.45, 2.75) is 20.4 Å². The molecule has 4 heteroatoms. The lowest BCUT2D eigenvalue weighted by Gasteiger charge is -2.07. The Balaban J connectivity index is 2.25. The first-order valence-electron chi connectivity index (χ1n) is 5.63. The fraction of sp³-hybridized carbons (Fsp3) is 0.214. The number of nitrogens with zero attached hydrogens (tertiary/aromatic N) is 3. The molecule has 90 valence electrons. The van der Waals surface area contributed by atoms with Crippen molar-refractivity contribution in [2.75, 3.05) is 0 Å². The summed E-state index contributed by atoms with van der Waals surface area (Å²) in [6.07, 6.45) is 3.16. The second-order valence-electron chi connectivity index (χ2n) is 4.23. The van der Waals surface area contributed by atoms with Gasteiger partial charge in [0.25, 0.3) is 0 Å². The van der Waals surface area contributed by atoms with Gasteiger partial charge in [-0.2, -0.15) is 5.26 Å². The van der Waals surface area contributed by atoms with Gasteiger partial charge in [0.2, 0.25) is 5.82 Å². The maximum Gasteiger partial charge on any atom is 0.213 e. The van der Waals surface area contributed by atoms with Crippen molar-refractivity contribution in [3.8, 4) is 6.07 Å². The number of ketones is 1. The lowest BCUT2D eigenvalue weighted by atomic mass is 10.0. The zero-order valence-corrected chi connectivity index (χ0v) is 10.3. The summed E-state index contributed by atoms with van der Waals surface area (Å²) in [4.78, 5) is 16.0. The molecule has 1 aromatic heterocycles. The van der Waals surface area contributed by atoms with Gasteiger partial charge < -0.3 is 4.57 Å². The van der Waals surface area contributed by atoms with Gasteiger partial charge in [0, 0.05) is 18.0 Å². The first-order chi connectivity index (χ1) is 8.61. The van der Waals surface area contributed by atoms with Crippen LogP contribution in [0.5, 0.6) is 0 Å². The first-order valence-corrected chi connectivity index (χ1v) is 5.63. The number of benzene rings is 1. The molecular formula is C14H13N3O. The number of hydrogen-bond acceptors (Lipinski definition) is 3. The van der Waals surface area contributed by atoms with Crippen molar-refractivity contribution in [2.24, 2.45) is 0 Å². The van der Waals surface area contributed by atoms with E-state index in [4.69, 9.17) is 5.26 Å². The molecule has 0 aliphatic heterocycles. The molecule has 0 atom stereocenters. The number of carbonyl (C=O) groups excluding carboxylic acids is 1. The van der Waals surface area contributed by atoms with E-state index in [2.05, 4.69) is 4.98 Å². The molecule has 0 aliphatic rings. The molecule has 0 unspecified atom stereocenters. The first kappa shape index (κ1) is 12.1. The number of nitriles is 1. The summed E-state index contributed by atoms with van der Waals surface area (Å²) in [5.41, 5.74) is 2.78. The van der Waals surface area contributed by atoms with E-state index in [1.165, 1.54) is 6.20 Å². The van der Waals surface area contributed by atoms with E-state index in [9.17, 15) is 4.79 Å². The molecule has 18 heavy (non-hydrogen) atoms. The quantitative estimate of drug-likeness (QED) is 0.772. The summed E-state index contributed by atoms with van der Waals surface area (Å²) < 4.78 is 1.56. The van der Waals surface area contributed by atoms with Gasteiger partial charge >= 0.3 is 0 Å². The minimum absolute atomic E-state index is 0.0120. The van der Waals surface area contributed by atoms with Crippen LogP contribution < -0.4 is 0 Å². The monoisotopic (exact) mass is 239 g/mol. The van der Waals surface area contributed by atoms with E-state index in [1.807, 2.05) is 38.1 Å². The number of carbonyl (C=O) groups is 1. The van der Waals surface area contributed by atoms with E-state index in [-0.39, 0.29) is 18.2 Å². The van der Waals surface area contributed by atoms with E-state index in [0.29, 0.717) is 5.56 Å². The summed E-state index contributed by atoms with van der Waals surface area (Å²) in [5, 5.41) is 8.84. The van der Waals surface area contributed by atoms with Gasteiger partial charge in [0.05, 0.1) is 6.54 Å². The summed E-state index contributed by atoms with van der Waals surface area (Å²) in [6.45, 7) is 4.05. The van der Waals surface area contributed by atoms with E-state index in [1.54, 1.807) is 10.8 Å². The van der Waals surface area contributed by atoms with Gasteiger partial charge in [-0.3, -0.25) is 4.79 Å². The van der Waals surface area contributed by atoms with Crippen molar-refractivity contribution >= 4 is 5.78 Å². The number of Topliss-reactive ketones (excluding diaryl/α,β-unsaturated/α-hetero) is 1. The fourth-order valence-corrected chi connectivity index (χ4v) is 1.92. The Morgan fingerprint density at radius 3 is 2.89 bits per heavy atom. The fourth-order valence-electron chi connectivity index (χ4n) is 1.92. The van der Waals surface area contributed by atoms with Crippen LogP contribution >= 0.6 is 0 Å². The van der Waals surface area contributed by atoms with Gasteiger partial charge in [-0.15, -0.1) is 0 Å². The number of rotatable bonds is 3. The molecule has 0 spiro atoms. The molecule has 0 N–H and O–H groups in total. The zero-order chi connectivity index (χ0) is 13.1. The average Bonchev–Trinajstić information content (AvgIpc) is 2.76. The molecule has 0 fully saturated rings. The maximum absolute atomic E-state index is 12.2. The van der Waals surface area contributed by atoms with Crippen molar-refractivity contribution < 1.29 is 4.79 Å². The van der Waals surface area contributed by atoms with Gasteiger partial charge in [0.1, 0.15) is 6.07 Å². The lowest BCUT2D eigenvalue weighted by Crippen LogP contribution is -2.12. The van der Waals surface area contributed by atoms with Gasteiger partial charge in [-0.05, 0) is 19.4 Å². The minimum atomic E-state index is -0.0120. The molecule has 2 rings (SSSR count). The lowest BCUT2D eigenvalue weighted by molar-refractivity contribution is 0.0971. The average molecular weight is 239 g/mol. The predicted molar refractivity (Wildman–Crippen MR) is 67.2 cm³/mol. The third-order valence-electron chi connectivity index (χ3n) is 2.81. The highest BCUT2D eigenvalue weighted by Gasteiger charge is 2.11. The number of imidazole rings is 1. The largest absolute Gasteiger partial charge is 0.315 e. The van der Waals surface area contributed by atoms with Gasteiger partial charge in [-0.1, -0.05) is 23.8 Å². The van der Waals surface area contributed by atoms with Crippen LogP contribution in [0.25, 0.3) is 0 Å². The summed E-state index contributed by atoms with van der Waals surface area (Å²) in [7, 11) is 0. The van der Waals surface area contributed by atoms with Crippen molar-refractivity contribution in [3.63, 3.8) is 0 Å². The highest BCUT2D eigenvalue weighted by molar-refractivity contribution is 5.97. The third kappa shape index (κ3) is 2.30. The Bertz CT molecular complexity index is 635. The molecule has 2 aromatic rings. The van der Waals surface area contributed by atoms with Crippen molar-refractivity contribution in [1.29, 1.82) is 5.26 Å². The topological polar surface area (TPSA) is 58.7 Å². The summed E-state index contributed by atoms with van der Waals surface area (Å²) in [5.74, 6) is 0.245. The van der Waals surface area contributed by atoms with Gasteiger partial charge in [-0.25, -0.2) is 4.98 Å². The zero-order valence-electron chi connectivity index (χ0n) is 10.3. The molecular weight excluding hydrogens is 226 g/mol. The van der Waals surface area contributed by atoms with E-state index in [0.717, 1.165) is 11.1 Å². The molecule has 0 saturated carbocycles. The summed E-state index contributed by atoms with van der Waals surface area (Å²) >= 11 is 0. The van der Waals surface area contributed by atoms with Gasteiger partial charge in [0.15, 0.2) is 5.78 Å². The van der Waals surface area contributed by atoms with Crippen LogP contribution in [0.2, 0.25) is 0 Å².